The Kier molecular flexibility index (Phi) is 5.08. The molecule has 0 aromatic heterocycles. The summed E-state index contributed by atoms with van der Waals surface area (Å²) in [6, 6.07) is 0.517. The van der Waals surface area contributed by atoms with E-state index in [9.17, 15) is 4.79 Å². The highest BCUT2D eigenvalue weighted by Crippen LogP contribution is 2.31. The zero-order valence-electron chi connectivity index (χ0n) is 13.6. The molecular weight excluding hydrogens is 250 g/mol. The van der Waals surface area contributed by atoms with Crippen LogP contribution in [-0.4, -0.2) is 60.0 Å². The first kappa shape index (κ1) is 15.8. The topological polar surface area (TPSA) is 35.6 Å². The van der Waals surface area contributed by atoms with Crippen molar-refractivity contribution in [3.8, 4) is 0 Å². The van der Waals surface area contributed by atoms with Crippen molar-refractivity contribution in [1.82, 2.24) is 15.1 Å². The number of hydrogen-bond donors (Lipinski definition) is 1. The highest BCUT2D eigenvalue weighted by atomic mass is 16.2. The Morgan fingerprint density at radius 3 is 2.40 bits per heavy atom. The molecule has 1 amide bonds. The van der Waals surface area contributed by atoms with E-state index in [4.69, 9.17) is 0 Å². The maximum atomic E-state index is 13.0. The summed E-state index contributed by atoms with van der Waals surface area (Å²) in [5.41, 5.74) is -0.359. The van der Waals surface area contributed by atoms with Crippen LogP contribution in [0.3, 0.4) is 0 Å². The first-order chi connectivity index (χ1) is 9.43. The number of rotatable bonds is 6. The van der Waals surface area contributed by atoms with Gasteiger partial charge in [-0.05, 0) is 39.0 Å². The summed E-state index contributed by atoms with van der Waals surface area (Å²) >= 11 is 0. The average Bonchev–Trinajstić information content (AvgIpc) is 3.24. The molecule has 0 unspecified atom stereocenters. The Morgan fingerprint density at radius 1 is 1.30 bits per heavy atom. The molecule has 1 N–H and O–H groups in total. The second-order valence-corrected chi connectivity index (χ2v) is 7.21. The van der Waals surface area contributed by atoms with Gasteiger partial charge in [-0.2, -0.15) is 0 Å². The molecule has 0 radical (unpaired) electrons. The summed E-state index contributed by atoms with van der Waals surface area (Å²) in [6.07, 6.45) is 3.50. The second-order valence-electron chi connectivity index (χ2n) is 7.21. The summed E-state index contributed by atoms with van der Waals surface area (Å²) in [6.45, 7) is 13.5. The van der Waals surface area contributed by atoms with Crippen molar-refractivity contribution in [1.29, 1.82) is 0 Å². The number of carbonyl (C=O) groups excluding carboxylic acids is 1. The fourth-order valence-corrected chi connectivity index (χ4v) is 2.94. The van der Waals surface area contributed by atoms with Crippen LogP contribution in [0.4, 0.5) is 0 Å². The predicted octanol–water partition coefficient (Wildman–Crippen LogP) is 1.71. The van der Waals surface area contributed by atoms with Crippen LogP contribution in [0.15, 0.2) is 0 Å². The first-order valence-electron chi connectivity index (χ1n) is 8.19. The van der Waals surface area contributed by atoms with Gasteiger partial charge in [0.2, 0.25) is 5.91 Å². The van der Waals surface area contributed by atoms with E-state index >= 15 is 0 Å². The Bertz CT molecular complexity index is 331. The summed E-state index contributed by atoms with van der Waals surface area (Å²) in [5.74, 6) is 0.994. The van der Waals surface area contributed by atoms with Crippen LogP contribution in [0.25, 0.3) is 0 Å². The molecule has 4 heteroatoms. The Balaban J connectivity index is 2.01. The molecule has 0 atom stereocenters. The van der Waals surface area contributed by atoms with Gasteiger partial charge < -0.3 is 10.2 Å². The molecule has 1 heterocycles. The van der Waals surface area contributed by atoms with E-state index in [0.717, 1.165) is 39.1 Å². The highest BCUT2D eigenvalue weighted by Gasteiger charge is 2.42. The predicted molar refractivity (Wildman–Crippen MR) is 82.7 cm³/mol. The maximum Gasteiger partial charge on any atom is 0.242 e. The molecule has 0 aromatic rings. The van der Waals surface area contributed by atoms with Gasteiger partial charge in [0.05, 0.1) is 5.54 Å². The molecule has 2 rings (SSSR count). The van der Waals surface area contributed by atoms with Crippen molar-refractivity contribution in [3.05, 3.63) is 0 Å². The molecule has 0 aromatic carbocycles. The highest BCUT2D eigenvalue weighted by molar-refractivity contribution is 5.86. The minimum atomic E-state index is -0.359. The Hall–Kier alpha value is -0.610. The van der Waals surface area contributed by atoms with E-state index in [2.05, 4.69) is 42.8 Å². The van der Waals surface area contributed by atoms with Gasteiger partial charge >= 0.3 is 0 Å². The molecule has 0 spiro atoms. The number of nitrogens with one attached hydrogen (secondary N) is 1. The largest absolute Gasteiger partial charge is 0.338 e. The Morgan fingerprint density at radius 2 is 1.90 bits per heavy atom. The molecular formula is C16H31N3O. The minimum Gasteiger partial charge on any atom is -0.338 e. The monoisotopic (exact) mass is 281 g/mol. The number of piperazine rings is 1. The van der Waals surface area contributed by atoms with Crippen LogP contribution in [0, 0.1) is 5.92 Å². The molecule has 116 valence electrons. The van der Waals surface area contributed by atoms with Crippen molar-refractivity contribution in [2.45, 2.75) is 58.5 Å². The van der Waals surface area contributed by atoms with Crippen LogP contribution in [0.5, 0.6) is 0 Å². The normalized spacial score (nSPS) is 21.2. The number of nitrogens with zero attached hydrogens (tertiary/aromatic N) is 2. The maximum absolute atomic E-state index is 13.0. The van der Waals surface area contributed by atoms with Crippen molar-refractivity contribution in [2.75, 3.05) is 32.7 Å². The van der Waals surface area contributed by atoms with Crippen LogP contribution >= 0.6 is 0 Å². The summed E-state index contributed by atoms with van der Waals surface area (Å²) in [5, 5.41) is 3.36. The molecule has 4 nitrogen and oxygen atoms in total. The van der Waals surface area contributed by atoms with Gasteiger partial charge in [0.15, 0.2) is 0 Å². The second kappa shape index (κ2) is 6.44. The molecule has 1 saturated heterocycles. The van der Waals surface area contributed by atoms with Crippen LogP contribution in [-0.2, 0) is 4.79 Å². The van der Waals surface area contributed by atoms with E-state index < -0.39 is 0 Å². The molecule has 2 fully saturated rings. The van der Waals surface area contributed by atoms with Gasteiger partial charge in [0, 0.05) is 38.8 Å². The Labute approximate surface area is 123 Å². The average molecular weight is 281 g/mol. The van der Waals surface area contributed by atoms with Gasteiger partial charge in [-0.3, -0.25) is 9.69 Å². The standard InChI is InChI=1S/C16H31N3O/c1-13(2)7-10-19(14-5-6-14)15(20)16(3,4)18-11-8-17-9-12-18/h13-14,17H,5-12H2,1-4H3. The lowest BCUT2D eigenvalue weighted by Gasteiger charge is -2.42. The van der Waals surface area contributed by atoms with Crippen molar-refractivity contribution >= 4 is 5.91 Å². The van der Waals surface area contributed by atoms with Gasteiger partial charge in [0.1, 0.15) is 0 Å². The number of carbonyl (C=O) groups is 1. The summed E-state index contributed by atoms with van der Waals surface area (Å²) < 4.78 is 0. The number of amides is 1. The fraction of sp³-hybridized carbons (Fsp3) is 0.938. The lowest BCUT2D eigenvalue weighted by atomic mass is 9.98. The quantitative estimate of drug-likeness (QED) is 0.805. The summed E-state index contributed by atoms with van der Waals surface area (Å²) in [7, 11) is 0. The molecule has 1 aliphatic carbocycles. The smallest absolute Gasteiger partial charge is 0.242 e. The molecule has 0 bridgehead atoms. The zero-order chi connectivity index (χ0) is 14.8. The van der Waals surface area contributed by atoms with Crippen LogP contribution in [0.1, 0.15) is 47.0 Å². The van der Waals surface area contributed by atoms with E-state index in [-0.39, 0.29) is 5.54 Å². The molecule has 2 aliphatic rings. The van der Waals surface area contributed by atoms with Gasteiger partial charge in [0.25, 0.3) is 0 Å². The lowest BCUT2D eigenvalue weighted by Crippen LogP contribution is -2.61. The minimum absolute atomic E-state index is 0.336. The van der Waals surface area contributed by atoms with Crippen LogP contribution in [0.2, 0.25) is 0 Å². The lowest BCUT2D eigenvalue weighted by molar-refractivity contribution is -0.144. The van der Waals surface area contributed by atoms with E-state index in [0.29, 0.717) is 17.9 Å². The fourth-order valence-electron chi connectivity index (χ4n) is 2.94. The van der Waals surface area contributed by atoms with E-state index in [1.165, 1.54) is 12.8 Å². The van der Waals surface area contributed by atoms with Gasteiger partial charge in [-0.15, -0.1) is 0 Å². The van der Waals surface area contributed by atoms with Crippen molar-refractivity contribution < 1.29 is 4.79 Å². The van der Waals surface area contributed by atoms with Gasteiger partial charge in [-0.1, -0.05) is 13.8 Å². The SMILES string of the molecule is CC(C)CCN(C(=O)C(C)(C)N1CCNCC1)C1CC1. The third-order valence-corrected chi connectivity index (χ3v) is 4.63. The summed E-state index contributed by atoms with van der Waals surface area (Å²) in [4.78, 5) is 17.5. The zero-order valence-corrected chi connectivity index (χ0v) is 13.6. The molecule has 1 aliphatic heterocycles. The first-order valence-corrected chi connectivity index (χ1v) is 8.19. The number of hydrogen-bond acceptors (Lipinski definition) is 3. The molecule has 20 heavy (non-hydrogen) atoms. The third-order valence-electron chi connectivity index (χ3n) is 4.63. The van der Waals surface area contributed by atoms with E-state index in [1.807, 2.05) is 0 Å². The van der Waals surface area contributed by atoms with Crippen molar-refractivity contribution in [2.24, 2.45) is 5.92 Å². The van der Waals surface area contributed by atoms with Crippen molar-refractivity contribution in [3.63, 3.8) is 0 Å². The van der Waals surface area contributed by atoms with Crippen LogP contribution < -0.4 is 5.32 Å². The third kappa shape index (κ3) is 3.73. The van der Waals surface area contributed by atoms with Gasteiger partial charge in [-0.25, -0.2) is 0 Å². The van der Waals surface area contributed by atoms with E-state index in [1.54, 1.807) is 0 Å². The molecule has 1 saturated carbocycles.